The molecule has 22 heavy (non-hydrogen) atoms. The summed E-state index contributed by atoms with van der Waals surface area (Å²) in [6.07, 6.45) is 0. The predicted octanol–water partition coefficient (Wildman–Crippen LogP) is 1.60. The highest BCUT2D eigenvalue weighted by Gasteiger charge is 2.22. The molecule has 0 fully saturated rings. The SMILES string of the molecule is CCNC(=O)c1cc(C(=O)NC)nn1C(C)c1ccccc1. The van der Waals surface area contributed by atoms with Gasteiger partial charge in [0.15, 0.2) is 5.69 Å². The Morgan fingerprint density at radius 2 is 1.91 bits per heavy atom. The molecule has 0 bridgehead atoms. The minimum Gasteiger partial charge on any atom is -0.354 e. The van der Waals surface area contributed by atoms with Crippen molar-refractivity contribution in [1.82, 2.24) is 20.4 Å². The zero-order chi connectivity index (χ0) is 16.1. The monoisotopic (exact) mass is 300 g/mol. The van der Waals surface area contributed by atoms with Crippen molar-refractivity contribution in [1.29, 1.82) is 0 Å². The first-order valence-corrected chi connectivity index (χ1v) is 7.23. The zero-order valence-electron chi connectivity index (χ0n) is 13.0. The predicted molar refractivity (Wildman–Crippen MR) is 83.9 cm³/mol. The molecule has 0 spiro atoms. The third-order valence-electron chi connectivity index (χ3n) is 3.41. The summed E-state index contributed by atoms with van der Waals surface area (Å²) in [5.41, 5.74) is 1.61. The van der Waals surface area contributed by atoms with E-state index in [1.54, 1.807) is 4.68 Å². The molecule has 1 aromatic carbocycles. The lowest BCUT2D eigenvalue weighted by atomic mass is 10.1. The lowest BCUT2D eigenvalue weighted by Gasteiger charge is -2.15. The van der Waals surface area contributed by atoms with E-state index >= 15 is 0 Å². The van der Waals surface area contributed by atoms with E-state index in [0.717, 1.165) is 5.56 Å². The molecular weight excluding hydrogens is 280 g/mol. The molecule has 1 aromatic heterocycles. The quantitative estimate of drug-likeness (QED) is 0.880. The maximum atomic E-state index is 12.2. The second-order valence-corrected chi connectivity index (χ2v) is 4.88. The van der Waals surface area contributed by atoms with Gasteiger partial charge in [-0.15, -0.1) is 0 Å². The summed E-state index contributed by atoms with van der Waals surface area (Å²) >= 11 is 0. The van der Waals surface area contributed by atoms with Crippen molar-refractivity contribution < 1.29 is 9.59 Å². The van der Waals surface area contributed by atoms with Crippen LogP contribution in [-0.2, 0) is 0 Å². The van der Waals surface area contributed by atoms with Crippen LogP contribution in [0.5, 0.6) is 0 Å². The van der Waals surface area contributed by atoms with Crippen molar-refractivity contribution in [2.45, 2.75) is 19.9 Å². The maximum Gasteiger partial charge on any atom is 0.271 e. The van der Waals surface area contributed by atoms with E-state index in [1.165, 1.54) is 13.1 Å². The fourth-order valence-electron chi connectivity index (χ4n) is 2.22. The van der Waals surface area contributed by atoms with Crippen molar-refractivity contribution in [3.8, 4) is 0 Å². The van der Waals surface area contributed by atoms with Gasteiger partial charge in [0.05, 0.1) is 6.04 Å². The third kappa shape index (κ3) is 3.16. The van der Waals surface area contributed by atoms with Gasteiger partial charge in [-0.3, -0.25) is 14.3 Å². The molecule has 2 rings (SSSR count). The highest BCUT2D eigenvalue weighted by Crippen LogP contribution is 2.20. The number of benzene rings is 1. The fourth-order valence-corrected chi connectivity index (χ4v) is 2.22. The van der Waals surface area contributed by atoms with Gasteiger partial charge in [-0.2, -0.15) is 5.10 Å². The summed E-state index contributed by atoms with van der Waals surface area (Å²) in [4.78, 5) is 24.0. The van der Waals surface area contributed by atoms with Crippen molar-refractivity contribution in [3.05, 3.63) is 53.3 Å². The van der Waals surface area contributed by atoms with Crippen LogP contribution in [0.15, 0.2) is 36.4 Å². The van der Waals surface area contributed by atoms with Crippen LogP contribution in [0.4, 0.5) is 0 Å². The molecule has 6 nitrogen and oxygen atoms in total. The topological polar surface area (TPSA) is 76.0 Å². The highest BCUT2D eigenvalue weighted by atomic mass is 16.2. The summed E-state index contributed by atoms with van der Waals surface area (Å²) < 4.78 is 1.59. The summed E-state index contributed by atoms with van der Waals surface area (Å²) in [6.45, 7) is 4.30. The minimum absolute atomic E-state index is 0.155. The van der Waals surface area contributed by atoms with Crippen molar-refractivity contribution in [2.24, 2.45) is 0 Å². The van der Waals surface area contributed by atoms with Gasteiger partial charge in [0.2, 0.25) is 0 Å². The number of hydrogen-bond acceptors (Lipinski definition) is 3. The van der Waals surface area contributed by atoms with Gasteiger partial charge in [-0.1, -0.05) is 30.3 Å². The Labute approximate surface area is 129 Å². The van der Waals surface area contributed by atoms with E-state index in [0.29, 0.717) is 12.2 Å². The first-order valence-electron chi connectivity index (χ1n) is 7.23. The molecule has 0 radical (unpaired) electrons. The highest BCUT2D eigenvalue weighted by molar-refractivity contribution is 5.97. The van der Waals surface area contributed by atoms with Crippen LogP contribution in [0.25, 0.3) is 0 Å². The van der Waals surface area contributed by atoms with E-state index in [4.69, 9.17) is 0 Å². The molecule has 1 heterocycles. The summed E-state index contributed by atoms with van der Waals surface area (Å²) in [5, 5.41) is 9.58. The summed E-state index contributed by atoms with van der Waals surface area (Å²) in [5.74, 6) is -0.558. The van der Waals surface area contributed by atoms with Gasteiger partial charge in [-0.25, -0.2) is 0 Å². The molecule has 1 unspecified atom stereocenters. The van der Waals surface area contributed by atoms with E-state index in [2.05, 4.69) is 15.7 Å². The van der Waals surface area contributed by atoms with Crippen LogP contribution in [-0.4, -0.2) is 35.2 Å². The largest absolute Gasteiger partial charge is 0.354 e. The lowest BCUT2D eigenvalue weighted by molar-refractivity contribution is 0.0940. The van der Waals surface area contributed by atoms with E-state index < -0.39 is 0 Å². The van der Waals surface area contributed by atoms with E-state index in [-0.39, 0.29) is 23.6 Å². The first-order chi connectivity index (χ1) is 10.6. The number of hydrogen-bond donors (Lipinski definition) is 2. The molecule has 116 valence electrons. The lowest BCUT2D eigenvalue weighted by Crippen LogP contribution is -2.27. The van der Waals surface area contributed by atoms with Gasteiger partial charge in [0.1, 0.15) is 5.69 Å². The second kappa shape index (κ2) is 6.89. The Kier molecular flexibility index (Phi) is 4.93. The van der Waals surface area contributed by atoms with Crippen LogP contribution in [0, 0.1) is 0 Å². The third-order valence-corrected chi connectivity index (χ3v) is 3.41. The van der Waals surface area contributed by atoms with Crippen LogP contribution < -0.4 is 10.6 Å². The molecule has 2 amide bonds. The normalized spacial score (nSPS) is 11.8. The molecule has 0 saturated heterocycles. The Bertz CT molecular complexity index is 664. The van der Waals surface area contributed by atoms with E-state index in [9.17, 15) is 9.59 Å². The molecule has 0 aliphatic heterocycles. The molecule has 0 saturated carbocycles. The second-order valence-electron chi connectivity index (χ2n) is 4.88. The van der Waals surface area contributed by atoms with Crippen LogP contribution in [0.3, 0.4) is 0 Å². The van der Waals surface area contributed by atoms with Crippen LogP contribution in [0.1, 0.15) is 46.4 Å². The maximum absolute atomic E-state index is 12.2. The van der Waals surface area contributed by atoms with Gasteiger partial charge >= 0.3 is 0 Å². The average Bonchev–Trinajstić information content (AvgIpc) is 2.99. The number of carbonyl (C=O) groups excluding carboxylic acids is 2. The molecule has 6 heteroatoms. The van der Waals surface area contributed by atoms with Gasteiger partial charge in [-0.05, 0) is 19.4 Å². The summed E-state index contributed by atoms with van der Waals surface area (Å²) in [7, 11) is 1.54. The molecule has 2 aromatic rings. The number of rotatable bonds is 5. The molecule has 1 atom stereocenters. The Morgan fingerprint density at radius 3 is 2.50 bits per heavy atom. The van der Waals surface area contributed by atoms with Gasteiger partial charge < -0.3 is 10.6 Å². The van der Waals surface area contributed by atoms with Crippen molar-refractivity contribution in [3.63, 3.8) is 0 Å². The molecule has 0 aliphatic rings. The number of aromatic nitrogens is 2. The molecule has 2 N–H and O–H groups in total. The number of carbonyl (C=O) groups is 2. The summed E-state index contributed by atoms with van der Waals surface area (Å²) in [6, 6.07) is 11.1. The first kappa shape index (κ1) is 15.8. The van der Waals surface area contributed by atoms with Crippen molar-refractivity contribution in [2.75, 3.05) is 13.6 Å². The average molecular weight is 300 g/mol. The number of amides is 2. The minimum atomic E-state index is -0.315. The smallest absolute Gasteiger partial charge is 0.271 e. The van der Waals surface area contributed by atoms with Crippen LogP contribution in [0.2, 0.25) is 0 Å². The molecular formula is C16H20N4O2. The zero-order valence-corrected chi connectivity index (χ0v) is 13.0. The Hall–Kier alpha value is -2.63. The molecule has 0 aliphatic carbocycles. The Morgan fingerprint density at radius 1 is 1.23 bits per heavy atom. The van der Waals surface area contributed by atoms with Crippen LogP contribution >= 0.6 is 0 Å². The Balaban J connectivity index is 2.45. The fraction of sp³-hybridized carbons (Fsp3) is 0.312. The van der Waals surface area contributed by atoms with Gasteiger partial charge in [0.25, 0.3) is 11.8 Å². The van der Waals surface area contributed by atoms with Crippen molar-refractivity contribution >= 4 is 11.8 Å². The number of nitrogens with one attached hydrogen (secondary N) is 2. The number of nitrogens with zero attached hydrogens (tertiary/aromatic N) is 2. The van der Waals surface area contributed by atoms with E-state index in [1.807, 2.05) is 44.2 Å². The van der Waals surface area contributed by atoms with Gasteiger partial charge in [0, 0.05) is 19.7 Å². The standard InChI is InChI=1S/C16H20N4O2/c1-4-18-16(22)14-10-13(15(21)17-3)19-20(14)11(2)12-8-6-5-7-9-12/h5-11H,4H2,1-3H3,(H,17,21)(H,18,22).